The molecule has 0 aliphatic rings. The smallest absolute Gasteiger partial charge is 0.433 e. The molecule has 0 spiro atoms. The molecule has 1 amide bonds. The van der Waals surface area contributed by atoms with Crippen LogP contribution in [-0.4, -0.2) is 26.1 Å². The first-order valence-corrected chi connectivity index (χ1v) is 2.91. The molecule has 0 radical (unpaired) electrons. The second-order valence-corrected chi connectivity index (χ2v) is 1.87. The van der Waals surface area contributed by atoms with Crippen LogP contribution in [0.1, 0.15) is 0 Å². The lowest BCUT2D eigenvalue weighted by atomic mass is 10.6. The van der Waals surface area contributed by atoms with E-state index in [0.717, 1.165) is 0 Å². The number of aromatic nitrogens is 2. The standard InChI is InChI=1S/C5H6N4O3/c6-4-7-2-1-3(9(4)12)8-5(10)11/h1-2,12H,(H2,6,7)(H,10,11). The molecule has 0 aliphatic heterocycles. The Bertz CT molecular complexity index is 369. The van der Waals surface area contributed by atoms with Crippen LogP contribution in [0.2, 0.25) is 0 Å². The Balaban J connectivity index is 3.35. The zero-order chi connectivity index (χ0) is 9.14. The maximum atomic E-state index is 10.1. The van der Waals surface area contributed by atoms with Crippen molar-refractivity contribution in [2.75, 3.05) is 5.73 Å². The van der Waals surface area contributed by atoms with E-state index >= 15 is 0 Å². The second kappa shape index (κ2) is 2.91. The third-order valence-corrected chi connectivity index (χ3v) is 1.07. The lowest BCUT2D eigenvalue weighted by Crippen LogP contribution is -2.23. The molecule has 0 saturated heterocycles. The third-order valence-electron chi connectivity index (χ3n) is 1.07. The van der Waals surface area contributed by atoms with Gasteiger partial charge in [-0.05, 0) is 0 Å². The molecule has 7 nitrogen and oxygen atoms in total. The minimum atomic E-state index is -1.41. The van der Waals surface area contributed by atoms with Gasteiger partial charge in [-0.2, -0.15) is 4.99 Å². The first-order chi connectivity index (χ1) is 5.61. The van der Waals surface area contributed by atoms with Crippen LogP contribution in [0.5, 0.6) is 0 Å². The Kier molecular flexibility index (Phi) is 1.95. The average Bonchev–Trinajstić information content (AvgIpc) is 1.98. The molecule has 64 valence electrons. The fraction of sp³-hybridized carbons (Fsp3) is 0. The molecule has 0 atom stereocenters. The highest BCUT2D eigenvalue weighted by molar-refractivity contribution is 5.65. The topological polar surface area (TPSA) is 114 Å². The average molecular weight is 170 g/mol. The van der Waals surface area contributed by atoms with Crippen molar-refractivity contribution in [1.29, 1.82) is 0 Å². The Morgan fingerprint density at radius 1 is 1.75 bits per heavy atom. The number of nitrogens with two attached hydrogens (primary N) is 1. The van der Waals surface area contributed by atoms with Gasteiger partial charge in [0.05, 0.1) is 0 Å². The van der Waals surface area contributed by atoms with Crippen molar-refractivity contribution in [2.24, 2.45) is 4.99 Å². The Morgan fingerprint density at radius 3 is 3.00 bits per heavy atom. The van der Waals surface area contributed by atoms with Gasteiger partial charge in [0.25, 0.3) is 0 Å². The highest BCUT2D eigenvalue weighted by atomic mass is 16.5. The van der Waals surface area contributed by atoms with Gasteiger partial charge in [0.2, 0.25) is 5.95 Å². The predicted molar refractivity (Wildman–Crippen MR) is 37.4 cm³/mol. The molecule has 0 fully saturated rings. The highest BCUT2D eigenvalue weighted by Gasteiger charge is 1.97. The first kappa shape index (κ1) is 8.05. The van der Waals surface area contributed by atoms with Crippen molar-refractivity contribution < 1.29 is 15.1 Å². The van der Waals surface area contributed by atoms with Gasteiger partial charge in [0, 0.05) is 12.3 Å². The molecular weight excluding hydrogens is 164 g/mol. The quantitative estimate of drug-likeness (QED) is 0.444. The second-order valence-electron chi connectivity index (χ2n) is 1.87. The van der Waals surface area contributed by atoms with E-state index in [1.54, 1.807) is 0 Å². The van der Waals surface area contributed by atoms with Crippen LogP contribution < -0.4 is 11.2 Å². The predicted octanol–water partition coefficient (Wildman–Crippen LogP) is -0.719. The molecule has 1 rings (SSSR count). The molecule has 0 bridgehead atoms. The highest BCUT2D eigenvalue weighted by Crippen LogP contribution is 1.85. The molecular formula is C5H6N4O3. The molecule has 0 unspecified atom stereocenters. The Morgan fingerprint density at radius 2 is 2.42 bits per heavy atom. The van der Waals surface area contributed by atoms with E-state index in [4.69, 9.17) is 16.0 Å². The summed E-state index contributed by atoms with van der Waals surface area (Å²) >= 11 is 0. The van der Waals surface area contributed by atoms with E-state index in [1.165, 1.54) is 12.3 Å². The molecule has 4 N–H and O–H groups in total. The van der Waals surface area contributed by atoms with Gasteiger partial charge in [-0.25, -0.2) is 9.78 Å². The van der Waals surface area contributed by atoms with E-state index in [9.17, 15) is 4.79 Å². The van der Waals surface area contributed by atoms with Crippen molar-refractivity contribution in [2.45, 2.75) is 0 Å². The van der Waals surface area contributed by atoms with Crippen molar-refractivity contribution in [1.82, 2.24) is 9.71 Å². The maximum absolute atomic E-state index is 10.1. The van der Waals surface area contributed by atoms with Gasteiger partial charge < -0.3 is 16.0 Å². The minimum absolute atomic E-state index is 0.185. The molecule has 1 aromatic rings. The normalized spacial score (nSPS) is 11.5. The summed E-state index contributed by atoms with van der Waals surface area (Å²) in [6.45, 7) is 0. The molecule has 12 heavy (non-hydrogen) atoms. The number of nitrogens with zero attached hydrogens (tertiary/aromatic N) is 3. The number of anilines is 1. The largest absolute Gasteiger partial charge is 0.463 e. The fourth-order valence-electron chi connectivity index (χ4n) is 0.606. The summed E-state index contributed by atoms with van der Waals surface area (Å²) in [7, 11) is 0. The Labute approximate surface area is 66.4 Å². The molecule has 0 saturated carbocycles. The summed E-state index contributed by atoms with van der Waals surface area (Å²) in [5.74, 6) is -0.225. The van der Waals surface area contributed by atoms with Gasteiger partial charge >= 0.3 is 6.09 Å². The van der Waals surface area contributed by atoms with Crippen LogP contribution in [-0.2, 0) is 0 Å². The lowest BCUT2D eigenvalue weighted by molar-refractivity contribution is 0.171. The van der Waals surface area contributed by atoms with Crippen molar-refractivity contribution in [3.8, 4) is 0 Å². The van der Waals surface area contributed by atoms with Gasteiger partial charge in [0.15, 0.2) is 5.49 Å². The number of carboxylic acid groups (broad SMARTS) is 1. The zero-order valence-corrected chi connectivity index (χ0v) is 5.88. The summed E-state index contributed by atoms with van der Waals surface area (Å²) < 4.78 is 0.383. The minimum Gasteiger partial charge on any atom is -0.463 e. The van der Waals surface area contributed by atoms with Crippen LogP contribution >= 0.6 is 0 Å². The van der Waals surface area contributed by atoms with Gasteiger partial charge in [-0.1, -0.05) is 0 Å². The number of hydrogen-bond acceptors (Lipinski definition) is 4. The summed E-state index contributed by atoms with van der Waals surface area (Å²) in [4.78, 5) is 16.6. The summed E-state index contributed by atoms with van der Waals surface area (Å²) in [5.41, 5.74) is 4.96. The summed E-state index contributed by atoms with van der Waals surface area (Å²) in [5, 5.41) is 17.2. The zero-order valence-electron chi connectivity index (χ0n) is 5.88. The summed E-state index contributed by atoms with van der Waals surface area (Å²) in [6, 6.07) is 1.21. The molecule has 1 aromatic heterocycles. The summed E-state index contributed by atoms with van der Waals surface area (Å²) in [6.07, 6.45) is -0.174. The number of rotatable bonds is 0. The van der Waals surface area contributed by atoms with Crippen LogP contribution in [0, 0.1) is 0 Å². The molecule has 0 aromatic carbocycles. The monoisotopic (exact) mass is 170 g/mol. The maximum Gasteiger partial charge on any atom is 0.433 e. The van der Waals surface area contributed by atoms with Crippen molar-refractivity contribution in [3.05, 3.63) is 17.8 Å². The van der Waals surface area contributed by atoms with Crippen molar-refractivity contribution >= 4 is 12.0 Å². The van der Waals surface area contributed by atoms with Gasteiger partial charge in [-0.15, -0.1) is 4.73 Å². The lowest BCUT2D eigenvalue weighted by Gasteiger charge is -1.98. The SMILES string of the molecule is Nc1nccc(=NC(=O)O)n1O. The van der Waals surface area contributed by atoms with Crippen LogP contribution in [0.25, 0.3) is 0 Å². The number of nitrogen functional groups attached to an aromatic ring is 1. The fourth-order valence-corrected chi connectivity index (χ4v) is 0.606. The van der Waals surface area contributed by atoms with Gasteiger partial charge in [-0.3, -0.25) is 0 Å². The van der Waals surface area contributed by atoms with Crippen LogP contribution in [0.3, 0.4) is 0 Å². The first-order valence-electron chi connectivity index (χ1n) is 2.91. The van der Waals surface area contributed by atoms with E-state index in [-0.39, 0.29) is 11.4 Å². The third kappa shape index (κ3) is 1.51. The van der Waals surface area contributed by atoms with Crippen LogP contribution in [0.4, 0.5) is 10.7 Å². The van der Waals surface area contributed by atoms with E-state index in [2.05, 4.69) is 9.98 Å². The van der Waals surface area contributed by atoms with E-state index in [0.29, 0.717) is 4.73 Å². The number of hydrogen-bond donors (Lipinski definition) is 3. The van der Waals surface area contributed by atoms with Crippen LogP contribution in [0.15, 0.2) is 17.3 Å². The molecule has 7 heteroatoms. The molecule has 1 heterocycles. The number of amides is 1. The van der Waals surface area contributed by atoms with E-state index in [1.807, 2.05) is 0 Å². The van der Waals surface area contributed by atoms with Gasteiger partial charge in [0.1, 0.15) is 0 Å². The number of carbonyl (C=O) groups is 1. The van der Waals surface area contributed by atoms with E-state index < -0.39 is 6.09 Å². The van der Waals surface area contributed by atoms with Crippen molar-refractivity contribution in [3.63, 3.8) is 0 Å². The molecule has 0 aliphatic carbocycles. The Hall–Kier alpha value is -2.05.